The molecule has 2 aliphatic heterocycles. The molecule has 1 unspecified atom stereocenters. The summed E-state index contributed by atoms with van der Waals surface area (Å²) in [6.07, 6.45) is 1.38. The van der Waals surface area contributed by atoms with Crippen molar-refractivity contribution < 1.29 is 19.1 Å². The lowest BCUT2D eigenvalue weighted by molar-refractivity contribution is -0.119. The summed E-state index contributed by atoms with van der Waals surface area (Å²) in [6, 6.07) is 5.18. The van der Waals surface area contributed by atoms with E-state index in [-0.39, 0.29) is 17.2 Å². The molecular weight excluding hydrogens is 284 g/mol. The van der Waals surface area contributed by atoms with Crippen LogP contribution in [0.25, 0.3) is 0 Å². The van der Waals surface area contributed by atoms with Crippen LogP contribution in [0.4, 0.5) is 0 Å². The van der Waals surface area contributed by atoms with Crippen LogP contribution >= 0.6 is 0 Å². The van der Waals surface area contributed by atoms with Crippen LogP contribution in [0.15, 0.2) is 18.2 Å². The number of likely N-dealkylation sites (tertiary alicyclic amines) is 1. The van der Waals surface area contributed by atoms with Crippen molar-refractivity contribution in [2.24, 2.45) is 5.41 Å². The first-order chi connectivity index (χ1) is 10.6. The first-order valence-electron chi connectivity index (χ1n) is 7.35. The first-order valence-corrected chi connectivity index (χ1v) is 7.35. The van der Waals surface area contributed by atoms with Gasteiger partial charge in [0.25, 0.3) is 5.91 Å². The van der Waals surface area contributed by atoms with Crippen LogP contribution in [-0.4, -0.2) is 50.6 Å². The van der Waals surface area contributed by atoms with Gasteiger partial charge in [-0.15, -0.1) is 0 Å². The van der Waals surface area contributed by atoms with E-state index in [4.69, 9.17) is 9.47 Å². The molecule has 2 fully saturated rings. The molecule has 0 aliphatic carbocycles. The Balaban J connectivity index is 1.76. The van der Waals surface area contributed by atoms with Gasteiger partial charge in [-0.1, -0.05) is 0 Å². The fourth-order valence-electron chi connectivity index (χ4n) is 3.30. The van der Waals surface area contributed by atoms with E-state index in [1.54, 1.807) is 32.4 Å². The van der Waals surface area contributed by atoms with Crippen LogP contribution in [-0.2, 0) is 4.79 Å². The number of rotatable bonds is 3. The van der Waals surface area contributed by atoms with Crippen molar-refractivity contribution in [3.05, 3.63) is 23.8 Å². The second kappa shape index (κ2) is 5.51. The Morgan fingerprint density at radius 1 is 1.27 bits per heavy atom. The van der Waals surface area contributed by atoms with Gasteiger partial charge in [-0.2, -0.15) is 0 Å². The Morgan fingerprint density at radius 3 is 2.68 bits per heavy atom. The Kier molecular flexibility index (Phi) is 3.68. The zero-order valence-electron chi connectivity index (χ0n) is 12.8. The van der Waals surface area contributed by atoms with Gasteiger partial charge in [0.2, 0.25) is 5.91 Å². The lowest BCUT2D eigenvalue weighted by Crippen LogP contribution is -2.33. The van der Waals surface area contributed by atoms with Crippen molar-refractivity contribution in [2.45, 2.75) is 12.8 Å². The Morgan fingerprint density at radius 2 is 2.05 bits per heavy atom. The van der Waals surface area contributed by atoms with Gasteiger partial charge < -0.3 is 19.7 Å². The minimum absolute atomic E-state index is 0.0304. The quantitative estimate of drug-likeness (QED) is 0.906. The van der Waals surface area contributed by atoms with Crippen LogP contribution in [0.5, 0.6) is 11.5 Å². The molecule has 2 heterocycles. The molecule has 2 saturated heterocycles. The largest absolute Gasteiger partial charge is 0.493 e. The average molecular weight is 304 g/mol. The molecule has 2 aliphatic rings. The molecule has 6 nitrogen and oxygen atoms in total. The first kappa shape index (κ1) is 14.7. The molecule has 0 bridgehead atoms. The van der Waals surface area contributed by atoms with E-state index in [9.17, 15) is 9.59 Å². The lowest BCUT2D eigenvalue weighted by Gasteiger charge is -2.22. The third-order valence-electron chi connectivity index (χ3n) is 4.55. The highest BCUT2D eigenvalue weighted by Crippen LogP contribution is 2.37. The van der Waals surface area contributed by atoms with Crippen molar-refractivity contribution >= 4 is 11.8 Å². The molecule has 6 heteroatoms. The molecule has 118 valence electrons. The Hall–Kier alpha value is -2.24. The van der Waals surface area contributed by atoms with E-state index in [0.717, 1.165) is 6.42 Å². The summed E-state index contributed by atoms with van der Waals surface area (Å²) >= 11 is 0. The summed E-state index contributed by atoms with van der Waals surface area (Å²) < 4.78 is 10.4. The smallest absolute Gasteiger partial charge is 0.254 e. The van der Waals surface area contributed by atoms with Crippen molar-refractivity contribution in [3.8, 4) is 11.5 Å². The predicted octanol–water partition coefficient (Wildman–Crippen LogP) is 1.06. The van der Waals surface area contributed by atoms with Crippen molar-refractivity contribution in [1.82, 2.24) is 10.2 Å². The number of nitrogens with one attached hydrogen (secondary N) is 1. The molecule has 3 rings (SSSR count). The van der Waals surface area contributed by atoms with Gasteiger partial charge in [0.1, 0.15) is 0 Å². The molecule has 1 atom stereocenters. The van der Waals surface area contributed by atoms with Gasteiger partial charge in [0.15, 0.2) is 11.5 Å². The fraction of sp³-hybridized carbons (Fsp3) is 0.500. The highest BCUT2D eigenvalue weighted by atomic mass is 16.5. The molecule has 0 saturated carbocycles. The van der Waals surface area contributed by atoms with Crippen molar-refractivity contribution in [2.75, 3.05) is 33.9 Å². The minimum atomic E-state index is -0.0801. The summed E-state index contributed by atoms with van der Waals surface area (Å²) in [6.45, 7) is 1.97. The summed E-state index contributed by atoms with van der Waals surface area (Å²) in [5, 5.41) is 2.87. The highest BCUT2D eigenvalue weighted by molar-refractivity contribution is 5.95. The van der Waals surface area contributed by atoms with Crippen LogP contribution in [0.2, 0.25) is 0 Å². The van der Waals surface area contributed by atoms with E-state index >= 15 is 0 Å². The SMILES string of the molecule is COc1ccc(C(=O)N2CCC3(CNC(=O)C3)C2)cc1OC. The van der Waals surface area contributed by atoms with Gasteiger partial charge in [0, 0.05) is 37.0 Å². The van der Waals surface area contributed by atoms with E-state index < -0.39 is 0 Å². The molecule has 1 N–H and O–H groups in total. The number of carbonyl (C=O) groups is 2. The fourth-order valence-corrected chi connectivity index (χ4v) is 3.30. The summed E-state index contributed by atoms with van der Waals surface area (Å²) in [7, 11) is 3.11. The molecule has 22 heavy (non-hydrogen) atoms. The number of methoxy groups -OCH3 is 2. The number of benzene rings is 1. The number of carbonyl (C=O) groups excluding carboxylic acids is 2. The van der Waals surface area contributed by atoms with Gasteiger partial charge in [-0.05, 0) is 24.6 Å². The molecule has 0 aromatic heterocycles. The van der Waals surface area contributed by atoms with Gasteiger partial charge >= 0.3 is 0 Å². The van der Waals surface area contributed by atoms with E-state index in [1.165, 1.54) is 0 Å². The van der Waals surface area contributed by atoms with Crippen molar-refractivity contribution in [1.29, 1.82) is 0 Å². The molecule has 2 amide bonds. The summed E-state index contributed by atoms with van der Waals surface area (Å²) in [5.41, 5.74) is 0.496. The number of nitrogens with zero attached hydrogens (tertiary/aromatic N) is 1. The third kappa shape index (κ3) is 2.49. The normalized spacial score (nSPS) is 23.7. The van der Waals surface area contributed by atoms with E-state index in [1.807, 2.05) is 4.90 Å². The van der Waals surface area contributed by atoms with Gasteiger partial charge in [-0.3, -0.25) is 9.59 Å². The Bertz CT molecular complexity index is 616. The second-order valence-corrected chi connectivity index (χ2v) is 6.00. The van der Waals surface area contributed by atoms with Gasteiger partial charge in [0.05, 0.1) is 14.2 Å². The van der Waals surface area contributed by atoms with Crippen molar-refractivity contribution in [3.63, 3.8) is 0 Å². The minimum Gasteiger partial charge on any atom is -0.493 e. The average Bonchev–Trinajstić information content (AvgIpc) is 3.12. The zero-order chi connectivity index (χ0) is 15.7. The lowest BCUT2D eigenvalue weighted by atomic mass is 9.86. The van der Waals surface area contributed by atoms with Crippen LogP contribution in [0, 0.1) is 5.41 Å². The molecule has 1 aromatic carbocycles. The summed E-state index contributed by atoms with van der Waals surface area (Å²) in [4.78, 5) is 25.9. The number of hydrogen-bond donors (Lipinski definition) is 1. The molecular formula is C16H20N2O4. The molecule has 1 aromatic rings. The maximum absolute atomic E-state index is 12.7. The maximum atomic E-state index is 12.7. The highest BCUT2D eigenvalue weighted by Gasteiger charge is 2.45. The maximum Gasteiger partial charge on any atom is 0.254 e. The molecule has 0 radical (unpaired) electrons. The zero-order valence-corrected chi connectivity index (χ0v) is 12.8. The van der Waals surface area contributed by atoms with Crippen LogP contribution in [0.1, 0.15) is 23.2 Å². The van der Waals surface area contributed by atoms with E-state index in [0.29, 0.717) is 43.1 Å². The summed E-state index contributed by atoms with van der Waals surface area (Å²) in [5.74, 6) is 1.19. The third-order valence-corrected chi connectivity index (χ3v) is 4.55. The number of amides is 2. The standard InChI is InChI=1S/C16H20N2O4/c1-21-12-4-3-11(7-13(12)22-2)15(20)18-6-5-16(10-18)8-14(19)17-9-16/h3-4,7H,5-6,8-10H2,1-2H3,(H,17,19). The van der Waals surface area contributed by atoms with E-state index in [2.05, 4.69) is 5.32 Å². The molecule has 1 spiro atoms. The van der Waals surface area contributed by atoms with Crippen LogP contribution < -0.4 is 14.8 Å². The monoisotopic (exact) mass is 304 g/mol. The van der Waals surface area contributed by atoms with Crippen LogP contribution in [0.3, 0.4) is 0 Å². The predicted molar refractivity (Wildman–Crippen MR) is 80.1 cm³/mol. The number of ether oxygens (including phenoxy) is 2. The van der Waals surface area contributed by atoms with Gasteiger partial charge in [-0.25, -0.2) is 0 Å². The second-order valence-electron chi connectivity index (χ2n) is 6.00. The Labute approximate surface area is 129 Å². The number of hydrogen-bond acceptors (Lipinski definition) is 4. The topological polar surface area (TPSA) is 67.9 Å².